The van der Waals surface area contributed by atoms with Crippen LogP contribution in [0, 0.1) is 6.92 Å². The van der Waals surface area contributed by atoms with Gasteiger partial charge in [-0.3, -0.25) is 4.90 Å². The molecule has 4 rings (SSSR count). The van der Waals surface area contributed by atoms with Crippen molar-refractivity contribution in [2.24, 2.45) is 0 Å². The Labute approximate surface area is 218 Å². The molecular weight excluding hydrogens is 527 g/mol. The molecule has 0 amide bonds. The third kappa shape index (κ3) is 5.74. The molecule has 1 fully saturated rings. The predicted molar refractivity (Wildman–Crippen MR) is 133 cm³/mol. The first-order valence-electron chi connectivity index (χ1n) is 11.8. The predicted octanol–water partition coefficient (Wildman–Crippen LogP) is 4.15. The van der Waals surface area contributed by atoms with Gasteiger partial charge in [0.2, 0.25) is 0 Å². The number of rotatable bonds is 7. The number of carbonyl (C=O) groups excluding carboxylic acids is 1. The van der Waals surface area contributed by atoms with E-state index >= 15 is 0 Å². The lowest BCUT2D eigenvalue weighted by atomic mass is 10.1. The van der Waals surface area contributed by atoms with Gasteiger partial charge in [-0.15, -0.1) is 0 Å². The van der Waals surface area contributed by atoms with Crippen LogP contribution in [0.2, 0.25) is 0 Å². The highest BCUT2D eigenvalue weighted by molar-refractivity contribution is 7.92. The molecular formula is C25H28F3N3O6S. The fourth-order valence-electron chi connectivity index (χ4n) is 4.60. The van der Waals surface area contributed by atoms with E-state index in [1.807, 2.05) is 13.8 Å². The Morgan fingerprint density at radius 1 is 1.16 bits per heavy atom. The monoisotopic (exact) mass is 555 g/mol. The summed E-state index contributed by atoms with van der Waals surface area (Å²) in [6.45, 7) is 7.39. The maximum absolute atomic E-state index is 13.9. The molecule has 1 aliphatic heterocycles. The number of anilines is 1. The highest BCUT2D eigenvalue weighted by Crippen LogP contribution is 2.36. The van der Waals surface area contributed by atoms with Crippen molar-refractivity contribution < 1.29 is 40.4 Å². The number of ether oxygens (including phenoxy) is 1. The molecule has 2 unspecified atom stereocenters. The van der Waals surface area contributed by atoms with Crippen LogP contribution < -0.4 is 14.5 Å². The average Bonchev–Trinajstić information content (AvgIpc) is 3.30. The summed E-state index contributed by atoms with van der Waals surface area (Å²) in [7, 11) is -3.66. The lowest BCUT2D eigenvalue weighted by molar-refractivity contribution is -0.199. The van der Waals surface area contributed by atoms with E-state index in [-0.39, 0.29) is 32.9 Å². The Hall–Kier alpha value is -3.29. The number of aryl methyl sites for hydroxylation is 1. The Bertz CT molecular complexity index is 1430. The number of benzene rings is 2. The second-order valence-corrected chi connectivity index (χ2v) is 11.1. The topological polar surface area (TPSA) is 101 Å². The molecule has 0 spiro atoms. The summed E-state index contributed by atoms with van der Waals surface area (Å²) in [5.74, 6) is -2.81. The van der Waals surface area contributed by atoms with E-state index in [1.165, 1.54) is 37.6 Å². The molecule has 1 aliphatic rings. The first kappa shape index (κ1) is 27.7. The second kappa shape index (κ2) is 10.5. The number of methoxy groups -OCH3 is 1. The lowest BCUT2D eigenvalue weighted by Crippen LogP contribution is -2.53. The van der Waals surface area contributed by atoms with E-state index in [9.17, 15) is 26.4 Å². The first-order chi connectivity index (χ1) is 17.8. The van der Waals surface area contributed by atoms with Gasteiger partial charge in [-0.1, -0.05) is 10.5 Å². The van der Waals surface area contributed by atoms with Crippen LogP contribution in [0.3, 0.4) is 0 Å². The molecule has 38 heavy (non-hydrogen) atoms. The summed E-state index contributed by atoms with van der Waals surface area (Å²) in [5, 5.41) is 3.85. The van der Waals surface area contributed by atoms with Crippen molar-refractivity contribution in [3.05, 3.63) is 53.8 Å². The first-order valence-corrected chi connectivity index (χ1v) is 13.2. The van der Waals surface area contributed by atoms with E-state index in [0.717, 1.165) is 0 Å². The Balaban J connectivity index is 1.83. The highest BCUT2D eigenvalue weighted by Gasteiger charge is 2.45. The molecule has 1 saturated heterocycles. The fraction of sp³-hybridized carbons (Fsp3) is 0.400. The largest absolute Gasteiger partial charge is 0.494 e. The van der Waals surface area contributed by atoms with Gasteiger partial charge >= 0.3 is 12.1 Å². The van der Waals surface area contributed by atoms with Crippen molar-refractivity contribution in [3.8, 4) is 5.75 Å². The Morgan fingerprint density at radius 3 is 2.47 bits per heavy atom. The van der Waals surface area contributed by atoms with Crippen LogP contribution >= 0.6 is 0 Å². The maximum Gasteiger partial charge on any atom is 0.493 e. The molecule has 2 heterocycles. The molecule has 0 aliphatic carbocycles. The number of fused-ring (bicyclic) bond motifs is 1. The van der Waals surface area contributed by atoms with Crippen LogP contribution in [0.5, 0.6) is 5.75 Å². The molecule has 3 aromatic rings. The molecule has 0 saturated carbocycles. The van der Waals surface area contributed by atoms with Crippen molar-refractivity contribution in [2.45, 2.75) is 50.5 Å². The van der Waals surface area contributed by atoms with Gasteiger partial charge in [0.05, 0.1) is 18.3 Å². The molecule has 0 radical (unpaired) electrons. The summed E-state index contributed by atoms with van der Waals surface area (Å²) in [4.78, 5) is 18.1. The summed E-state index contributed by atoms with van der Waals surface area (Å²) in [6.07, 6.45) is -4.04. The average molecular weight is 556 g/mol. The van der Waals surface area contributed by atoms with Crippen LogP contribution in [-0.2, 0) is 26.2 Å². The van der Waals surface area contributed by atoms with Gasteiger partial charge in [0, 0.05) is 42.7 Å². The number of furan rings is 1. The SMILES string of the molecule is COc1ccc(C)cc1N(OC(=O)C(F)(F)F)S(=O)(=O)c1cc(CN2CC(C)NC(C)C2)c2occc2c1. The number of hydrogen-bond donors (Lipinski definition) is 1. The van der Waals surface area contributed by atoms with E-state index in [2.05, 4.69) is 15.1 Å². The lowest BCUT2D eigenvalue weighted by Gasteiger charge is -2.36. The Morgan fingerprint density at radius 2 is 1.84 bits per heavy atom. The van der Waals surface area contributed by atoms with Crippen LogP contribution in [-0.4, -0.2) is 57.7 Å². The summed E-state index contributed by atoms with van der Waals surface area (Å²) in [6, 6.07) is 8.73. The van der Waals surface area contributed by atoms with E-state index < -0.39 is 22.2 Å². The minimum absolute atomic E-state index is 0.0331. The molecule has 0 bridgehead atoms. The highest BCUT2D eigenvalue weighted by atomic mass is 32.2. The third-order valence-electron chi connectivity index (χ3n) is 6.07. The number of halogens is 3. The quantitative estimate of drug-likeness (QED) is 0.434. The standard InChI is InChI=1S/C25H28F3N3O6S/c1-15-5-6-22(35-4)21(9-15)31(37-24(32)25(26,27)28)38(33,34)20-10-18-7-8-36-23(18)19(11-20)14-30-12-16(2)29-17(3)13-30/h5-11,16-17,29H,12-14H2,1-4H3. The minimum atomic E-state index is -5.44. The van der Waals surface area contributed by atoms with Crippen molar-refractivity contribution in [1.29, 1.82) is 0 Å². The van der Waals surface area contributed by atoms with Crippen molar-refractivity contribution in [3.63, 3.8) is 0 Å². The van der Waals surface area contributed by atoms with Crippen molar-refractivity contribution in [1.82, 2.24) is 10.2 Å². The van der Waals surface area contributed by atoms with E-state index in [0.29, 0.717) is 41.7 Å². The number of sulfonamides is 1. The molecule has 9 nitrogen and oxygen atoms in total. The van der Waals surface area contributed by atoms with E-state index in [4.69, 9.17) is 9.15 Å². The number of piperazine rings is 1. The smallest absolute Gasteiger partial charge is 0.493 e. The zero-order valence-electron chi connectivity index (χ0n) is 21.2. The van der Waals surface area contributed by atoms with Crippen molar-refractivity contribution in [2.75, 3.05) is 24.7 Å². The Kier molecular flexibility index (Phi) is 7.64. The van der Waals surface area contributed by atoms with Gasteiger partial charge in [-0.05, 0) is 56.7 Å². The zero-order valence-corrected chi connectivity index (χ0v) is 22.0. The van der Waals surface area contributed by atoms with Gasteiger partial charge in [-0.25, -0.2) is 4.79 Å². The number of carbonyl (C=O) groups is 1. The number of alkyl halides is 3. The summed E-state index contributed by atoms with van der Waals surface area (Å²) >= 11 is 0. The van der Waals surface area contributed by atoms with Gasteiger partial charge in [0.25, 0.3) is 10.0 Å². The number of nitrogens with one attached hydrogen (secondary N) is 1. The number of nitrogens with zero attached hydrogens (tertiary/aromatic N) is 2. The molecule has 13 heteroatoms. The maximum atomic E-state index is 13.9. The molecule has 1 N–H and O–H groups in total. The van der Waals surface area contributed by atoms with Gasteiger partial charge in [-0.2, -0.15) is 21.6 Å². The second-order valence-electron chi connectivity index (χ2n) is 9.37. The van der Waals surface area contributed by atoms with E-state index in [1.54, 1.807) is 19.1 Å². The molecule has 206 valence electrons. The molecule has 1 aromatic heterocycles. The van der Waals surface area contributed by atoms with Crippen LogP contribution in [0.4, 0.5) is 18.9 Å². The van der Waals surface area contributed by atoms with Crippen LogP contribution in [0.1, 0.15) is 25.0 Å². The normalized spacial score (nSPS) is 18.9. The zero-order chi connectivity index (χ0) is 27.8. The third-order valence-corrected chi connectivity index (χ3v) is 7.61. The summed E-state index contributed by atoms with van der Waals surface area (Å²) < 4.78 is 78.0. The van der Waals surface area contributed by atoms with Crippen LogP contribution in [0.15, 0.2) is 52.0 Å². The minimum Gasteiger partial charge on any atom is -0.494 e. The van der Waals surface area contributed by atoms with Gasteiger partial charge in [0.1, 0.15) is 17.0 Å². The number of hydrogen-bond acceptors (Lipinski definition) is 8. The van der Waals surface area contributed by atoms with Crippen molar-refractivity contribution >= 4 is 32.6 Å². The molecule has 2 atom stereocenters. The summed E-state index contributed by atoms with van der Waals surface area (Å²) in [5.41, 5.74) is 1.08. The fourth-order valence-corrected chi connectivity index (χ4v) is 5.92. The molecule has 2 aromatic carbocycles. The van der Waals surface area contributed by atoms with Gasteiger partial charge < -0.3 is 19.3 Å². The van der Waals surface area contributed by atoms with Crippen LogP contribution in [0.25, 0.3) is 11.0 Å². The van der Waals surface area contributed by atoms with Gasteiger partial charge in [0.15, 0.2) is 0 Å².